The predicted molar refractivity (Wildman–Crippen MR) is 125 cm³/mol. The van der Waals surface area contributed by atoms with Gasteiger partial charge in [0.1, 0.15) is 0 Å². The number of aliphatic hydroxyl groups excluding tert-OH is 1. The lowest BCUT2D eigenvalue weighted by Crippen LogP contribution is -2.41. The quantitative estimate of drug-likeness (QED) is 0.344. The highest BCUT2D eigenvalue weighted by atomic mass is 127. The lowest BCUT2D eigenvalue weighted by molar-refractivity contribution is -0.127. The highest BCUT2D eigenvalue weighted by Gasteiger charge is 2.32. The smallest absolute Gasteiger partial charge is 0.222 e. The van der Waals surface area contributed by atoms with Crippen molar-refractivity contribution in [2.24, 2.45) is 10.9 Å². The molecule has 2 heterocycles. The van der Waals surface area contributed by atoms with E-state index < -0.39 is 0 Å². The minimum atomic E-state index is 0. The van der Waals surface area contributed by atoms with Gasteiger partial charge in [0.15, 0.2) is 5.96 Å². The molecule has 0 aromatic heterocycles. The maximum Gasteiger partial charge on any atom is 0.222 e. The number of halogens is 1. The largest absolute Gasteiger partial charge is 0.396 e. The van der Waals surface area contributed by atoms with Gasteiger partial charge in [0.05, 0.1) is 0 Å². The van der Waals surface area contributed by atoms with Crippen molar-refractivity contribution < 1.29 is 9.90 Å². The Balaban J connectivity index is 0.00000280. The van der Waals surface area contributed by atoms with Crippen LogP contribution in [0.2, 0.25) is 0 Å². The Bertz CT molecular complexity index is 682. The number of nitrogens with one attached hydrogen (secondary N) is 1. The van der Waals surface area contributed by atoms with Crippen molar-refractivity contribution in [3.05, 3.63) is 29.8 Å². The predicted octanol–water partition coefficient (Wildman–Crippen LogP) is 2.81. The molecule has 2 N–H and O–H groups in total. The third-order valence-corrected chi connectivity index (χ3v) is 5.44. The van der Waals surface area contributed by atoms with Crippen molar-refractivity contribution in [2.45, 2.75) is 39.0 Å². The number of hydrogen-bond acceptors (Lipinski definition) is 3. The average molecular weight is 500 g/mol. The zero-order chi connectivity index (χ0) is 19.2. The standard InChI is InChI=1S/C21H32N4O2.HI/c1-3-22-21(23-13-16(2)15-26)25-14-17(18-7-4-5-8-19(18)25)10-12-24-11-6-9-20(24)27;/h4-5,7-8,16-17,26H,3,6,9-15H2,1-2H3,(H,22,23);1H. The molecule has 1 amide bonds. The number of hydrogen-bond donors (Lipinski definition) is 2. The Morgan fingerprint density at radius 3 is 2.86 bits per heavy atom. The number of likely N-dealkylation sites (tertiary alicyclic amines) is 1. The van der Waals surface area contributed by atoms with Crippen molar-refractivity contribution in [3.63, 3.8) is 0 Å². The van der Waals surface area contributed by atoms with Gasteiger partial charge in [-0.05, 0) is 37.3 Å². The summed E-state index contributed by atoms with van der Waals surface area (Å²) in [5.74, 6) is 1.72. The molecule has 28 heavy (non-hydrogen) atoms. The first-order valence-electron chi connectivity index (χ1n) is 10.2. The van der Waals surface area contributed by atoms with Crippen LogP contribution in [0.4, 0.5) is 5.69 Å². The van der Waals surface area contributed by atoms with Crippen LogP contribution in [0.25, 0.3) is 0 Å². The van der Waals surface area contributed by atoms with Gasteiger partial charge in [-0.2, -0.15) is 0 Å². The number of fused-ring (bicyclic) bond motifs is 1. The molecule has 1 saturated heterocycles. The van der Waals surface area contributed by atoms with Crippen LogP contribution >= 0.6 is 24.0 Å². The molecule has 7 heteroatoms. The molecule has 2 atom stereocenters. The van der Waals surface area contributed by atoms with Crippen LogP contribution in [-0.2, 0) is 4.79 Å². The van der Waals surface area contributed by atoms with Gasteiger partial charge in [-0.25, -0.2) is 0 Å². The molecule has 2 aliphatic heterocycles. The van der Waals surface area contributed by atoms with E-state index >= 15 is 0 Å². The number of aliphatic hydroxyl groups is 1. The topological polar surface area (TPSA) is 68.2 Å². The van der Waals surface area contributed by atoms with Crippen molar-refractivity contribution in [2.75, 3.05) is 44.2 Å². The number of anilines is 1. The fourth-order valence-electron chi connectivity index (χ4n) is 3.89. The van der Waals surface area contributed by atoms with Gasteiger partial charge >= 0.3 is 0 Å². The second-order valence-corrected chi connectivity index (χ2v) is 7.62. The number of carbonyl (C=O) groups is 1. The maximum atomic E-state index is 11.9. The molecular weight excluding hydrogens is 467 g/mol. The normalized spacial score (nSPS) is 20.2. The van der Waals surface area contributed by atoms with Crippen molar-refractivity contribution in [1.82, 2.24) is 10.2 Å². The van der Waals surface area contributed by atoms with E-state index in [4.69, 9.17) is 4.99 Å². The summed E-state index contributed by atoms with van der Waals surface area (Å²) in [6, 6.07) is 8.51. The van der Waals surface area contributed by atoms with Crippen molar-refractivity contribution in [3.8, 4) is 0 Å². The Labute approximate surface area is 185 Å². The van der Waals surface area contributed by atoms with E-state index in [1.54, 1.807) is 0 Å². The third-order valence-electron chi connectivity index (χ3n) is 5.44. The summed E-state index contributed by atoms with van der Waals surface area (Å²) in [5, 5.41) is 12.7. The summed E-state index contributed by atoms with van der Waals surface area (Å²) < 4.78 is 0. The molecule has 0 radical (unpaired) electrons. The van der Waals surface area contributed by atoms with Crippen LogP contribution in [-0.4, -0.2) is 61.2 Å². The number of carbonyl (C=O) groups excluding carboxylic acids is 1. The van der Waals surface area contributed by atoms with Crippen LogP contribution in [0, 0.1) is 5.92 Å². The molecule has 156 valence electrons. The summed E-state index contributed by atoms with van der Waals surface area (Å²) in [6.07, 6.45) is 2.67. The molecule has 0 saturated carbocycles. The minimum absolute atomic E-state index is 0. The van der Waals surface area contributed by atoms with Gasteiger partial charge < -0.3 is 20.2 Å². The monoisotopic (exact) mass is 500 g/mol. The van der Waals surface area contributed by atoms with E-state index in [9.17, 15) is 9.90 Å². The van der Waals surface area contributed by atoms with Gasteiger partial charge in [-0.15, -0.1) is 24.0 Å². The SMILES string of the molecule is CCNC(=NCC(C)CO)N1CC(CCN2CCCC2=O)c2ccccc21.I. The lowest BCUT2D eigenvalue weighted by atomic mass is 9.98. The zero-order valence-corrected chi connectivity index (χ0v) is 19.3. The van der Waals surface area contributed by atoms with E-state index in [-0.39, 0.29) is 36.5 Å². The number of rotatable bonds is 7. The maximum absolute atomic E-state index is 11.9. The number of para-hydroxylation sites is 1. The van der Waals surface area contributed by atoms with Gasteiger partial charge in [0, 0.05) is 57.4 Å². The highest BCUT2D eigenvalue weighted by molar-refractivity contribution is 14.0. The molecule has 1 aromatic rings. The third kappa shape index (κ3) is 5.37. The van der Waals surface area contributed by atoms with Crippen molar-refractivity contribution >= 4 is 41.5 Å². The molecule has 0 spiro atoms. The van der Waals surface area contributed by atoms with E-state index in [1.807, 2.05) is 11.8 Å². The summed E-state index contributed by atoms with van der Waals surface area (Å²) in [5.41, 5.74) is 2.54. The second kappa shape index (κ2) is 11.0. The fourth-order valence-corrected chi connectivity index (χ4v) is 3.89. The van der Waals surface area contributed by atoms with Crippen LogP contribution in [0.15, 0.2) is 29.3 Å². The van der Waals surface area contributed by atoms with Gasteiger partial charge in [0.2, 0.25) is 5.91 Å². The molecule has 0 bridgehead atoms. The summed E-state index contributed by atoms with van der Waals surface area (Å²) in [7, 11) is 0. The second-order valence-electron chi connectivity index (χ2n) is 7.62. The Hall–Kier alpha value is -1.35. The number of amides is 1. The van der Waals surface area contributed by atoms with E-state index in [0.717, 1.165) is 45.0 Å². The first kappa shape index (κ1) is 22.9. The van der Waals surface area contributed by atoms with Gasteiger partial charge in [-0.3, -0.25) is 9.79 Å². The lowest BCUT2D eigenvalue weighted by Gasteiger charge is -2.24. The summed E-state index contributed by atoms with van der Waals surface area (Å²) in [6.45, 7) is 8.24. The average Bonchev–Trinajstić information content (AvgIpc) is 3.26. The number of aliphatic imine (C=N–C) groups is 1. The van der Waals surface area contributed by atoms with Crippen LogP contribution in [0.1, 0.15) is 44.6 Å². The first-order valence-corrected chi connectivity index (χ1v) is 10.2. The Morgan fingerprint density at radius 2 is 2.18 bits per heavy atom. The fraction of sp³-hybridized carbons (Fsp3) is 0.619. The molecule has 2 aliphatic rings. The highest BCUT2D eigenvalue weighted by Crippen LogP contribution is 2.38. The summed E-state index contributed by atoms with van der Waals surface area (Å²) >= 11 is 0. The molecule has 0 aliphatic carbocycles. The zero-order valence-electron chi connectivity index (χ0n) is 16.9. The Morgan fingerprint density at radius 1 is 1.39 bits per heavy atom. The van der Waals surface area contributed by atoms with Crippen LogP contribution in [0.3, 0.4) is 0 Å². The molecule has 1 aromatic carbocycles. The Kier molecular flexibility index (Phi) is 9.01. The van der Waals surface area contributed by atoms with E-state index in [1.165, 1.54) is 11.3 Å². The summed E-state index contributed by atoms with van der Waals surface area (Å²) in [4.78, 5) is 21.0. The van der Waals surface area contributed by atoms with Crippen LogP contribution < -0.4 is 10.2 Å². The van der Waals surface area contributed by atoms with E-state index in [0.29, 0.717) is 24.8 Å². The molecule has 6 nitrogen and oxygen atoms in total. The minimum Gasteiger partial charge on any atom is -0.396 e. The molecule has 1 fully saturated rings. The van der Waals surface area contributed by atoms with Crippen LogP contribution in [0.5, 0.6) is 0 Å². The molecular formula is C21H33IN4O2. The molecule has 2 unspecified atom stereocenters. The van der Waals surface area contributed by atoms with Gasteiger partial charge in [0.25, 0.3) is 0 Å². The first-order chi connectivity index (χ1) is 13.1. The van der Waals surface area contributed by atoms with E-state index in [2.05, 4.69) is 41.4 Å². The number of nitrogens with zero attached hydrogens (tertiary/aromatic N) is 3. The number of guanidine groups is 1. The van der Waals surface area contributed by atoms with Gasteiger partial charge in [-0.1, -0.05) is 25.1 Å². The molecule has 3 rings (SSSR count). The van der Waals surface area contributed by atoms with Crippen molar-refractivity contribution in [1.29, 1.82) is 0 Å². The number of benzene rings is 1.